The fourth-order valence-electron chi connectivity index (χ4n) is 2.74. The lowest BCUT2D eigenvalue weighted by Gasteiger charge is -2.31. The lowest BCUT2D eigenvalue weighted by molar-refractivity contribution is -0.122. The third-order valence-electron chi connectivity index (χ3n) is 3.97. The predicted molar refractivity (Wildman–Crippen MR) is 82.3 cm³/mol. The van der Waals surface area contributed by atoms with Crippen molar-refractivity contribution in [1.29, 1.82) is 0 Å². The SMILES string of the molecule is NCCNC(=O)CN1CCC(c2ccc(C=O)cc2)CC1. The van der Waals surface area contributed by atoms with Gasteiger partial charge in [-0.1, -0.05) is 24.3 Å². The van der Waals surface area contributed by atoms with Crippen LogP contribution in [0.3, 0.4) is 0 Å². The molecule has 1 amide bonds. The third kappa shape index (κ3) is 4.65. The number of nitrogens with zero attached hydrogens (tertiary/aromatic N) is 1. The summed E-state index contributed by atoms with van der Waals surface area (Å²) < 4.78 is 0. The summed E-state index contributed by atoms with van der Waals surface area (Å²) in [6.07, 6.45) is 2.96. The minimum Gasteiger partial charge on any atom is -0.354 e. The van der Waals surface area contributed by atoms with Crippen LogP contribution in [0.15, 0.2) is 24.3 Å². The monoisotopic (exact) mass is 289 g/mol. The van der Waals surface area contributed by atoms with E-state index in [9.17, 15) is 9.59 Å². The number of hydrogen-bond acceptors (Lipinski definition) is 4. The Morgan fingerprint density at radius 2 is 1.95 bits per heavy atom. The number of carbonyl (C=O) groups excluding carboxylic acids is 2. The summed E-state index contributed by atoms with van der Waals surface area (Å²) in [5, 5.41) is 2.80. The van der Waals surface area contributed by atoms with Crippen molar-refractivity contribution in [2.45, 2.75) is 18.8 Å². The zero-order chi connectivity index (χ0) is 15.1. The van der Waals surface area contributed by atoms with Crippen molar-refractivity contribution in [3.8, 4) is 0 Å². The number of piperidine rings is 1. The van der Waals surface area contributed by atoms with Crippen LogP contribution in [0.25, 0.3) is 0 Å². The maximum Gasteiger partial charge on any atom is 0.234 e. The van der Waals surface area contributed by atoms with Crippen LogP contribution in [0.4, 0.5) is 0 Å². The molecule has 5 heteroatoms. The Morgan fingerprint density at radius 3 is 2.52 bits per heavy atom. The van der Waals surface area contributed by atoms with E-state index in [0.29, 0.717) is 31.1 Å². The molecule has 3 N–H and O–H groups in total. The molecule has 0 aliphatic carbocycles. The van der Waals surface area contributed by atoms with Gasteiger partial charge in [0.25, 0.3) is 0 Å². The first kappa shape index (κ1) is 15.7. The number of benzene rings is 1. The standard InChI is InChI=1S/C16H23N3O2/c17-7-8-18-16(21)11-19-9-5-15(6-10-19)14-3-1-13(12-20)2-4-14/h1-4,12,15H,5-11,17H2,(H,18,21). The Balaban J connectivity index is 1.79. The van der Waals surface area contributed by atoms with Crippen LogP contribution in [0.2, 0.25) is 0 Å². The van der Waals surface area contributed by atoms with E-state index in [1.165, 1.54) is 5.56 Å². The second-order valence-corrected chi connectivity index (χ2v) is 5.47. The van der Waals surface area contributed by atoms with Crippen molar-refractivity contribution in [3.05, 3.63) is 35.4 Å². The van der Waals surface area contributed by atoms with Crippen molar-refractivity contribution in [2.75, 3.05) is 32.7 Å². The molecule has 0 aromatic heterocycles. The summed E-state index contributed by atoms with van der Waals surface area (Å²) in [6.45, 7) is 3.33. The lowest BCUT2D eigenvalue weighted by atomic mass is 9.89. The molecular formula is C16H23N3O2. The van der Waals surface area contributed by atoms with Crippen LogP contribution in [0, 0.1) is 0 Å². The van der Waals surface area contributed by atoms with E-state index < -0.39 is 0 Å². The molecule has 0 radical (unpaired) electrons. The van der Waals surface area contributed by atoms with Crippen LogP contribution in [-0.4, -0.2) is 49.8 Å². The molecule has 21 heavy (non-hydrogen) atoms. The second-order valence-electron chi connectivity index (χ2n) is 5.47. The number of nitrogens with two attached hydrogens (primary N) is 1. The zero-order valence-electron chi connectivity index (χ0n) is 12.3. The smallest absolute Gasteiger partial charge is 0.234 e. The van der Waals surface area contributed by atoms with Gasteiger partial charge in [-0.3, -0.25) is 14.5 Å². The third-order valence-corrected chi connectivity index (χ3v) is 3.97. The molecule has 1 aromatic rings. The molecule has 1 aliphatic rings. The Labute approximate surface area is 125 Å². The van der Waals surface area contributed by atoms with Gasteiger partial charge in [-0.15, -0.1) is 0 Å². The van der Waals surface area contributed by atoms with Gasteiger partial charge in [0.2, 0.25) is 5.91 Å². The predicted octanol–water partition coefficient (Wildman–Crippen LogP) is 0.753. The topological polar surface area (TPSA) is 75.4 Å². The number of carbonyl (C=O) groups is 2. The van der Waals surface area contributed by atoms with Crippen molar-refractivity contribution in [3.63, 3.8) is 0 Å². The Hall–Kier alpha value is -1.72. The van der Waals surface area contributed by atoms with Crippen molar-refractivity contribution < 1.29 is 9.59 Å². The molecule has 0 unspecified atom stereocenters. The Kier molecular flexibility index (Phi) is 5.90. The quantitative estimate of drug-likeness (QED) is 0.758. The molecule has 0 atom stereocenters. The van der Waals surface area contributed by atoms with E-state index >= 15 is 0 Å². The molecule has 5 nitrogen and oxygen atoms in total. The summed E-state index contributed by atoms with van der Waals surface area (Å²) in [5.74, 6) is 0.572. The van der Waals surface area contributed by atoms with Gasteiger partial charge in [0, 0.05) is 18.7 Å². The first-order chi connectivity index (χ1) is 10.2. The zero-order valence-corrected chi connectivity index (χ0v) is 12.3. The number of rotatable bonds is 6. The minimum absolute atomic E-state index is 0.0502. The Morgan fingerprint density at radius 1 is 1.29 bits per heavy atom. The molecule has 1 aliphatic heterocycles. The first-order valence-corrected chi connectivity index (χ1v) is 7.47. The lowest BCUT2D eigenvalue weighted by Crippen LogP contribution is -2.42. The van der Waals surface area contributed by atoms with Crippen LogP contribution in [0.5, 0.6) is 0 Å². The van der Waals surface area contributed by atoms with Gasteiger partial charge in [-0.25, -0.2) is 0 Å². The summed E-state index contributed by atoms with van der Waals surface area (Å²) in [6, 6.07) is 7.82. The molecule has 1 fully saturated rings. The molecule has 0 spiro atoms. The van der Waals surface area contributed by atoms with Gasteiger partial charge in [0.05, 0.1) is 6.54 Å². The van der Waals surface area contributed by atoms with Gasteiger partial charge in [0.15, 0.2) is 0 Å². The van der Waals surface area contributed by atoms with Crippen LogP contribution >= 0.6 is 0 Å². The number of likely N-dealkylation sites (tertiary alicyclic amines) is 1. The van der Waals surface area contributed by atoms with Crippen LogP contribution in [-0.2, 0) is 4.79 Å². The molecule has 1 aromatic carbocycles. The summed E-state index contributed by atoms with van der Waals surface area (Å²) in [5.41, 5.74) is 7.36. The number of nitrogens with one attached hydrogen (secondary N) is 1. The van der Waals surface area contributed by atoms with Crippen LogP contribution in [0.1, 0.15) is 34.7 Å². The van der Waals surface area contributed by atoms with E-state index in [-0.39, 0.29) is 5.91 Å². The van der Waals surface area contributed by atoms with Gasteiger partial charge in [0.1, 0.15) is 6.29 Å². The highest BCUT2D eigenvalue weighted by Crippen LogP contribution is 2.27. The second kappa shape index (κ2) is 7.90. The molecule has 1 heterocycles. The highest BCUT2D eigenvalue weighted by Gasteiger charge is 2.21. The van der Waals surface area contributed by atoms with E-state index in [1.807, 2.05) is 24.3 Å². The van der Waals surface area contributed by atoms with Crippen molar-refractivity contribution in [2.24, 2.45) is 5.73 Å². The van der Waals surface area contributed by atoms with E-state index in [0.717, 1.165) is 32.2 Å². The van der Waals surface area contributed by atoms with Gasteiger partial charge >= 0.3 is 0 Å². The minimum atomic E-state index is 0.0502. The summed E-state index contributed by atoms with van der Waals surface area (Å²) in [7, 11) is 0. The highest BCUT2D eigenvalue weighted by molar-refractivity contribution is 5.78. The molecular weight excluding hydrogens is 266 g/mol. The number of aldehydes is 1. The van der Waals surface area contributed by atoms with Crippen LogP contribution < -0.4 is 11.1 Å². The summed E-state index contributed by atoms with van der Waals surface area (Å²) in [4.78, 5) is 24.5. The fraction of sp³-hybridized carbons (Fsp3) is 0.500. The molecule has 2 rings (SSSR count). The molecule has 0 saturated carbocycles. The van der Waals surface area contributed by atoms with Gasteiger partial charge < -0.3 is 11.1 Å². The normalized spacial score (nSPS) is 16.6. The van der Waals surface area contributed by atoms with Gasteiger partial charge in [-0.2, -0.15) is 0 Å². The first-order valence-electron chi connectivity index (χ1n) is 7.47. The van der Waals surface area contributed by atoms with Crippen molar-refractivity contribution in [1.82, 2.24) is 10.2 Å². The maximum absolute atomic E-state index is 11.7. The van der Waals surface area contributed by atoms with E-state index in [4.69, 9.17) is 5.73 Å². The maximum atomic E-state index is 11.7. The molecule has 114 valence electrons. The fourth-order valence-corrected chi connectivity index (χ4v) is 2.74. The number of hydrogen-bond donors (Lipinski definition) is 2. The van der Waals surface area contributed by atoms with E-state index in [2.05, 4.69) is 10.2 Å². The van der Waals surface area contributed by atoms with E-state index in [1.54, 1.807) is 0 Å². The molecule has 1 saturated heterocycles. The average Bonchev–Trinajstić information content (AvgIpc) is 2.54. The van der Waals surface area contributed by atoms with Gasteiger partial charge in [-0.05, 0) is 37.4 Å². The number of amides is 1. The summed E-state index contributed by atoms with van der Waals surface area (Å²) >= 11 is 0. The largest absolute Gasteiger partial charge is 0.354 e. The highest BCUT2D eigenvalue weighted by atomic mass is 16.2. The van der Waals surface area contributed by atoms with Crippen molar-refractivity contribution >= 4 is 12.2 Å². The Bertz CT molecular complexity index is 465. The average molecular weight is 289 g/mol. The molecule has 0 bridgehead atoms.